The molecule has 0 saturated heterocycles. The van der Waals surface area contributed by atoms with Crippen LogP contribution in [0.2, 0.25) is 0 Å². The number of hydroxylamine groups is 2. The second-order valence-corrected chi connectivity index (χ2v) is 8.11. The lowest BCUT2D eigenvalue weighted by atomic mass is 9.79. The van der Waals surface area contributed by atoms with E-state index in [9.17, 15) is 9.90 Å². The smallest absolute Gasteiger partial charge is 0.282 e. The summed E-state index contributed by atoms with van der Waals surface area (Å²) in [5.74, 6) is 0.302. The van der Waals surface area contributed by atoms with E-state index in [1.54, 1.807) is 0 Å². The number of aliphatic hydroxyl groups excluding tert-OH is 1. The van der Waals surface area contributed by atoms with Crippen LogP contribution in [0.4, 0.5) is 0 Å². The fourth-order valence-corrected chi connectivity index (χ4v) is 4.67. The van der Waals surface area contributed by atoms with Gasteiger partial charge in [0.15, 0.2) is 6.79 Å². The van der Waals surface area contributed by atoms with Crippen LogP contribution in [0.5, 0.6) is 0 Å². The molecule has 0 radical (unpaired) electrons. The number of carbonyl (C=O) groups excluding carboxylic acids is 1. The largest absolute Gasteiger partial charge is 0.509 e. The molecule has 5 nitrogen and oxygen atoms in total. The maximum absolute atomic E-state index is 13.3. The maximum atomic E-state index is 13.3. The Labute approximate surface area is 161 Å². The van der Waals surface area contributed by atoms with Gasteiger partial charge in [0, 0.05) is 7.11 Å². The summed E-state index contributed by atoms with van der Waals surface area (Å²) < 4.78 is 5.04. The Morgan fingerprint density at radius 2 is 1.81 bits per heavy atom. The van der Waals surface area contributed by atoms with Crippen LogP contribution in [0, 0.1) is 19.8 Å². The van der Waals surface area contributed by atoms with E-state index in [2.05, 4.69) is 0 Å². The van der Waals surface area contributed by atoms with Crippen molar-refractivity contribution in [1.82, 2.24) is 5.06 Å². The van der Waals surface area contributed by atoms with Crippen LogP contribution in [0.3, 0.4) is 0 Å². The van der Waals surface area contributed by atoms with Gasteiger partial charge in [0.1, 0.15) is 11.3 Å². The van der Waals surface area contributed by atoms with Crippen LogP contribution in [0.1, 0.15) is 62.1 Å². The average molecular weight is 373 g/mol. The maximum Gasteiger partial charge on any atom is 0.282 e. The number of amides is 1. The fraction of sp³-hybridized carbons (Fsp3) is 0.591. The van der Waals surface area contributed by atoms with Crippen molar-refractivity contribution < 1.29 is 19.5 Å². The van der Waals surface area contributed by atoms with Crippen molar-refractivity contribution in [1.29, 1.82) is 0 Å². The number of methoxy groups -OCH3 is 1. The first-order chi connectivity index (χ1) is 12.9. The summed E-state index contributed by atoms with van der Waals surface area (Å²) in [5.41, 5.74) is 2.23. The minimum atomic E-state index is -0.873. The molecule has 5 heteroatoms. The molecule has 1 heterocycles. The van der Waals surface area contributed by atoms with Gasteiger partial charge in [0.25, 0.3) is 5.91 Å². The molecule has 1 saturated carbocycles. The zero-order valence-corrected chi connectivity index (χ0v) is 16.9. The van der Waals surface area contributed by atoms with E-state index in [1.165, 1.54) is 31.4 Å². The number of benzene rings is 1. The van der Waals surface area contributed by atoms with Gasteiger partial charge in [-0.05, 0) is 49.8 Å². The van der Waals surface area contributed by atoms with E-state index in [1.807, 2.05) is 39.0 Å². The molecule has 0 bridgehead atoms. The lowest BCUT2D eigenvalue weighted by molar-refractivity contribution is -0.244. The van der Waals surface area contributed by atoms with E-state index in [4.69, 9.17) is 9.57 Å². The summed E-state index contributed by atoms with van der Waals surface area (Å²) in [7, 11) is 1.53. The topological polar surface area (TPSA) is 59.0 Å². The fourth-order valence-electron chi connectivity index (χ4n) is 4.67. The quantitative estimate of drug-likeness (QED) is 0.736. The summed E-state index contributed by atoms with van der Waals surface area (Å²) in [5, 5.41) is 12.6. The highest BCUT2D eigenvalue weighted by Crippen LogP contribution is 2.45. The molecule has 1 aromatic rings. The number of carbonyl (C=O) groups is 1. The first-order valence-electron chi connectivity index (χ1n) is 9.87. The summed E-state index contributed by atoms with van der Waals surface area (Å²) in [6, 6.07) is 5.89. The van der Waals surface area contributed by atoms with Crippen molar-refractivity contribution in [3.8, 4) is 0 Å². The SMILES string of the molecule is COCON1C(=O)C(c2c(C)cccc2C)=C(O)C1(C)CC1CCCCC1. The summed E-state index contributed by atoms with van der Waals surface area (Å²) >= 11 is 0. The Hall–Kier alpha value is -1.85. The normalized spacial score (nSPS) is 24.1. The predicted molar refractivity (Wildman–Crippen MR) is 105 cm³/mol. The molecule has 1 N–H and O–H groups in total. The zero-order chi connectivity index (χ0) is 19.6. The highest BCUT2D eigenvalue weighted by atomic mass is 16.8. The van der Waals surface area contributed by atoms with Gasteiger partial charge >= 0.3 is 0 Å². The number of ether oxygens (including phenoxy) is 1. The molecule has 3 rings (SSSR count). The van der Waals surface area contributed by atoms with E-state index in [-0.39, 0.29) is 18.5 Å². The molecule has 2 aliphatic rings. The van der Waals surface area contributed by atoms with Gasteiger partial charge in [-0.25, -0.2) is 9.90 Å². The standard InChI is InChI=1S/C22H31NO4/c1-15-9-8-10-16(2)18(15)19-20(24)22(3,13-17-11-6-5-7-12-17)23(21(19)25)27-14-26-4/h8-10,17,24H,5-7,11-14H2,1-4H3. The summed E-state index contributed by atoms with van der Waals surface area (Å²) in [6.45, 7) is 5.81. The minimum absolute atomic E-state index is 0.0285. The third-order valence-electron chi connectivity index (χ3n) is 6.04. The van der Waals surface area contributed by atoms with E-state index < -0.39 is 5.54 Å². The highest BCUT2D eigenvalue weighted by molar-refractivity contribution is 6.23. The van der Waals surface area contributed by atoms with Gasteiger partial charge in [-0.2, -0.15) is 0 Å². The number of aliphatic hydroxyl groups is 1. The molecule has 1 amide bonds. The summed E-state index contributed by atoms with van der Waals surface area (Å²) in [6.07, 6.45) is 6.65. The van der Waals surface area contributed by atoms with Crippen LogP contribution in [0.25, 0.3) is 5.57 Å². The van der Waals surface area contributed by atoms with Gasteiger partial charge in [0.05, 0.1) is 5.57 Å². The molecule has 148 valence electrons. The van der Waals surface area contributed by atoms with E-state index in [0.29, 0.717) is 17.9 Å². The van der Waals surface area contributed by atoms with E-state index in [0.717, 1.165) is 29.5 Å². The monoisotopic (exact) mass is 373 g/mol. The Balaban J connectivity index is 2.04. The molecule has 1 aromatic carbocycles. The molecular formula is C22H31NO4. The number of aryl methyl sites for hydroxylation is 2. The molecular weight excluding hydrogens is 342 g/mol. The van der Waals surface area contributed by atoms with Crippen LogP contribution >= 0.6 is 0 Å². The molecule has 1 atom stereocenters. The van der Waals surface area contributed by atoms with E-state index >= 15 is 0 Å². The lowest BCUT2D eigenvalue weighted by Crippen LogP contribution is -2.47. The Morgan fingerprint density at radius 1 is 1.19 bits per heavy atom. The van der Waals surface area contributed by atoms with Crippen LogP contribution in [-0.4, -0.2) is 35.5 Å². The zero-order valence-electron chi connectivity index (χ0n) is 16.9. The molecule has 1 aliphatic carbocycles. The van der Waals surface area contributed by atoms with Gasteiger partial charge in [-0.1, -0.05) is 50.3 Å². The van der Waals surface area contributed by atoms with Gasteiger partial charge in [-0.3, -0.25) is 4.79 Å². The van der Waals surface area contributed by atoms with Crippen molar-refractivity contribution in [3.63, 3.8) is 0 Å². The van der Waals surface area contributed by atoms with Gasteiger partial charge in [0.2, 0.25) is 0 Å². The molecule has 1 unspecified atom stereocenters. The molecule has 1 fully saturated rings. The Morgan fingerprint density at radius 3 is 2.41 bits per heavy atom. The number of hydrogen-bond donors (Lipinski definition) is 1. The number of rotatable bonds is 6. The van der Waals surface area contributed by atoms with Gasteiger partial charge in [-0.15, -0.1) is 0 Å². The van der Waals surface area contributed by atoms with Crippen molar-refractivity contribution in [2.24, 2.45) is 5.92 Å². The third kappa shape index (κ3) is 3.63. The molecule has 0 spiro atoms. The first-order valence-corrected chi connectivity index (χ1v) is 9.87. The van der Waals surface area contributed by atoms with Gasteiger partial charge < -0.3 is 9.84 Å². The van der Waals surface area contributed by atoms with Crippen LogP contribution in [-0.2, 0) is 14.4 Å². The number of nitrogens with zero attached hydrogens (tertiary/aromatic N) is 1. The first kappa shape index (κ1) is 19.9. The predicted octanol–water partition coefficient (Wildman–Crippen LogP) is 4.68. The van der Waals surface area contributed by atoms with Crippen molar-refractivity contribution >= 4 is 11.5 Å². The van der Waals surface area contributed by atoms with Crippen LogP contribution < -0.4 is 0 Å². The average Bonchev–Trinajstić information content (AvgIpc) is 2.81. The van der Waals surface area contributed by atoms with Crippen molar-refractivity contribution in [3.05, 3.63) is 40.6 Å². The molecule has 0 aromatic heterocycles. The minimum Gasteiger partial charge on any atom is -0.509 e. The summed E-state index contributed by atoms with van der Waals surface area (Å²) in [4.78, 5) is 19.0. The molecule has 1 aliphatic heterocycles. The van der Waals surface area contributed by atoms with Crippen molar-refractivity contribution in [2.45, 2.75) is 64.8 Å². The highest BCUT2D eigenvalue weighted by Gasteiger charge is 2.52. The van der Waals surface area contributed by atoms with Crippen LogP contribution in [0.15, 0.2) is 24.0 Å². The molecule has 27 heavy (non-hydrogen) atoms. The third-order valence-corrected chi connectivity index (χ3v) is 6.04. The second kappa shape index (κ2) is 8.03. The Bertz CT molecular complexity index is 716. The second-order valence-electron chi connectivity index (χ2n) is 8.11. The lowest BCUT2D eigenvalue weighted by Gasteiger charge is -2.37. The Kier molecular flexibility index (Phi) is 5.92. The number of hydrogen-bond acceptors (Lipinski definition) is 4. The van der Waals surface area contributed by atoms with Crippen molar-refractivity contribution in [2.75, 3.05) is 13.9 Å².